The second-order valence-corrected chi connectivity index (χ2v) is 6.68. The minimum atomic E-state index is -0.233. The first kappa shape index (κ1) is 13.2. The summed E-state index contributed by atoms with van der Waals surface area (Å²) in [5.74, 6) is 3.41. The molecule has 0 radical (unpaired) electrons. The molecule has 0 aromatic carbocycles. The molecule has 4 heteroatoms. The van der Waals surface area contributed by atoms with Gasteiger partial charge in [0, 0.05) is 13.1 Å². The Kier molecular flexibility index (Phi) is 4.74. The molecule has 0 bridgehead atoms. The Morgan fingerprint density at radius 3 is 2.53 bits per heavy atom. The summed E-state index contributed by atoms with van der Waals surface area (Å²) in [6, 6.07) is 0. The molecule has 0 atom stereocenters. The molecule has 2 fully saturated rings. The third-order valence-corrected chi connectivity index (χ3v) is 5.37. The van der Waals surface area contributed by atoms with Crippen LogP contribution in [0.1, 0.15) is 38.5 Å². The smallest absolute Gasteiger partial charge is 0.227 e. The fraction of sp³-hybridized carbons (Fsp3) is 0.923. The molecule has 1 heterocycles. The van der Waals surface area contributed by atoms with Gasteiger partial charge < -0.3 is 11.1 Å². The molecular formula is C13H24N2OS. The zero-order chi connectivity index (χ0) is 12.1. The van der Waals surface area contributed by atoms with Crippen LogP contribution in [-0.2, 0) is 4.79 Å². The summed E-state index contributed by atoms with van der Waals surface area (Å²) in [7, 11) is 0. The first-order valence-electron chi connectivity index (χ1n) is 6.83. The maximum atomic E-state index is 12.2. The summed E-state index contributed by atoms with van der Waals surface area (Å²) >= 11 is 2.03. The summed E-state index contributed by atoms with van der Waals surface area (Å²) in [5.41, 5.74) is 5.58. The van der Waals surface area contributed by atoms with E-state index in [9.17, 15) is 4.79 Å². The van der Waals surface area contributed by atoms with Crippen molar-refractivity contribution in [2.45, 2.75) is 38.5 Å². The fourth-order valence-corrected chi connectivity index (χ4v) is 4.15. The van der Waals surface area contributed by atoms with Crippen LogP contribution in [-0.4, -0.2) is 30.5 Å². The molecule has 17 heavy (non-hydrogen) atoms. The van der Waals surface area contributed by atoms with E-state index in [-0.39, 0.29) is 11.3 Å². The molecule has 1 aliphatic carbocycles. The maximum absolute atomic E-state index is 12.2. The van der Waals surface area contributed by atoms with E-state index in [1.807, 2.05) is 11.8 Å². The van der Waals surface area contributed by atoms with Crippen LogP contribution in [0.2, 0.25) is 0 Å². The Hall–Kier alpha value is -0.220. The first-order valence-corrected chi connectivity index (χ1v) is 7.98. The number of nitrogens with one attached hydrogen (secondary N) is 1. The largest absolute Gasteiger partial charge is 0.355 e. The summed E-state index contributed by atoms with van der Waals surface area (Å²) in [6.07, 6.45) is 6.78. The van der Waals surface area contributed by atoms with Gasteiger partial charge in [0.15, 0.2) is 0 Å². The quantitative estimate of drug-likeness (QED) is 0.806. The van der Waals surface area contributed by atoms with Crippen molar-refractivity contribution in [1.82, 2.24) is 5.32 Å². The van der Waals surface area contributed by atoms with Crippen LogP contribution in [0, 0.1) is 11.3 Å². The molecule has 3 N–H and O–H groups in total. The maximum Gasteiger partial charge on any atom is 0.227 e. The zero-order valence-electron chi connectivity index (χ0n) is 10.5. The lowest BCUT2D eigenvalue weighted by molar-refractivity contribution is -0.130. The van der Waals surface area contributed by atoms with Crippen molar-refractivity contribution in [2.75, 3.05) is 24.6 Å². The average molecular weight is 256 g/mol. The lowest BCUT2D eigenvalue weighted by atomic mass is 9.85. The number of hydrogen-bond acceptors (Lipinski definition) is 3. The molecule has 1 saturated carbocycles. The Labute approximate surface area is 108 Å². The van der Waals surface area contributed by atoms with E-state index >= 15 is 0 Å². The molecular weight excluding hydrogens is 232 g/mol. The monoisotopic (exact) mass is 256 g/mol. The Morgan fingerprint density at radius 1 is 1.29 bits per heavy atom. The van der Waals surface area contributed by atoms with Crippen molar-refractivity contribution in [3.8, 4) is 0 Å². The van der Waals surface area contributed by atoms with E-state index in [1.165, 1.54) is 24.3 Å². The second kappa shape index (κ2) is 6.10. The number of amides is 1. The van der Waals surface area contributed by atoms with Gasteiger partial charge in [0.05, 0.1) is 5.41 Å². The van der Waals surface area contributed by atoms with Crippen molar-refractivity contribution in [1.29, 1.82) is 0 Å². The minimum absolute atomic E-state index is 0.218. The van der Waals surface area contributed by atoms with Crippen molar-refractivity contribution in [3.05, 3.63) is 0 Å². The molecule has 1 aliphatic heterocycles. The molecule has 2 rings (SSSR count). The molecule has 0 spiro atoms. The highest BCUT2D eigenvalue weighted by Gasteiger charge is 2.39. The van der Waals surface area contributed by atoms with Crippen LogP contribution in [0.15, 0.2) is 0 Å². The minimum Gasteiger partial charge on any atom is -0.355 e. The van der Waals surface area contributed by atoms with Crippen LogP contribution in [0.5, 0.6) is 0 Å². The number of thioether (sulfide) groups is 1. The summed E-state index contributed by atoms with van der Waals surface area (Å²) < 4.78 is 0. The fourth-order valence-electron chi connectivity index (χ4n) is 2.95. The van der Waals surface area contributed by atoms with Gasteiger partial charge in [-0.15, -0.1) is 0 Å². The van der Waals surface area contributed by atoms with Gasteiger partial charge in [0.25, 0.3) is 0 Å². The predicted molar refractivity (Wildman–Crippen MR) is 73.0 cm³/mol. The number of carbonyl (C=O) groups excluding carboxylic acids is 1. The van der Waals surface area contributed by atoms with Gasteiger partial charge in [-0.1, -0.05) is 12.8 Å². The normalized spacial score (nSPS) is 24.8. The van der Waals surface area contributed by atoms with Crippen LogP contribution in [0.3, 0.4) is 0 Å². The van der Waals surface area contributed by atoms with E-state index in [0.717, 1.165) is 32.2 Å². The van der Waals surface area contributed by atoms with Crippen molar-refractivity contribution in [3.63, 3.8) is 0 Å². The van der Waals surface area contributed by atoms with Crippen molar-refractivity contribution < 1.29 is 4.79 Å². The molecule has 1 saturated heterocycles. The lowest BCUT2D eigenvalue weighted by Crippen LogP contribution is -2.45. The highest BCUT2D eigenvalue weighted by Crippen LogP contribution is 2.37. The van der Waals surface area contributed by atoms with Crippen LogP contribution in [0.25, 0.3) is 0 Å². The predicted octanol–water partition coefficient (Wildman–Crippen LogP) is 1.76. The summed E-state index contributed by atoms with van der Waals surface area (Å²) in [4.78, 5) is 12.2. The zero-order valence-corrected chi connectivity index (χ0v) is 11.4. The molecule has 2 aliphatic rings. The molecule has 1 amide bonds. The number of hydrogen-bond donors (Lipinski definition) is 2. The molecule has 0 unspecified atom stereocenters. The highest BCUT2D eigenvalue weighted by atomic mass is 32.2. The van der Waals surface area contributed by atoms with Crippen LogP contribution in [0.4, 0.5) is 0 Å². The molecule has 0 aromatic rings. The van der Waals surface area contributed by atoms with Crippen molar-refractivity contribution >= 4 is 17.7 Å². The van der Waals surface area contributed by atoms with E-state index in [4.69, 9.17) is 5.73 Å². The molecule has 0 aromatic heterocycles. The van der Waals surface area contributed by atoms with Crippen molar-refractivity contribution in [2.24, 2.45) is 17.1 Å². The van der Waals surface area contributed by atoms with Gasteiger partial charge in [-0.25, -0.2) is 0 Å². The Morgan fingerprint density at radius 2 is 1.94 bits per heavy atom. The SMILES string of the molecule is NCC1(C(=O)NCC2CCSCC2)CCCC1. The van der Waals surface area contributed by atoms with E-state index < -0.39 is 0 Å². The van der Waals surface area contributed by atoms with Gasteiger partial charge in [0.2, 0.25) is 5.91 Å². The highest BCUT2D eigenvalue weighted by molar-refractivity contribution is 7.99. The first-order chi connectivity index (χ1) is 8.27. The average Bonchev–Trinajstić information content (AvgIpc) is 2.87. The topological polar surface area (TPSA) is 55.1 Å². The van der Waals surface area contributed by atoms with E-state index in [0.29, 0.717) is 12.5 Å². The van der Waals surface area contributed by atoms with Crippen LogP contribution < -0.4 is 11.1 Å². The van der Waals surface area contributed by atoms with Crippen LogP contribution >= 0.6 is 11.8 Å². The third kappa shape index (κ3) is 3.16. The number of nitrogens with two attached hydrogens (primary N) is 1. The van der Waals surface area contributed by atoms with E-state index in [1.54, 1.807) is 0 Å². The lowest BCUT2D eigenvalue weighted by Gasteiger charge is -2.28. The van der Waals surface area contributed by atoms with E-state index in [2.05, 4.69) is 5.32 Å². The van der Waals surface area contributed by atoms with Gasteiger partial charge in [-0.3, -0.25) is 4.79 Å². The van der Waals surface area contributed by atoms with Gasteiger partial charge >= 0.3 is 0 Å². The Balaban J connectivity index is 1.79. The summed E-state index contributed by atoms with van der Waals surface area (Å²) in [5, 5.41) is 3.16. The summed E-state index contributed by atoms with van der Waals surface area (Å²) in [6.45, 7) is 1.38. The molecule has 3 nitrogen and oxygen atoms in total. The van der Waals surface area contributed by atoms with Gasteiger partial charge in [0.1, 0.15) is 0 Å². The Bertz CT molecular complexity index is 258. The molecule has 98 valence electrons. The van der Waals surface area contributed by atoms with Gasteiger partial charge in [-0.2, -0.15) is 11.8 Å². The number of rotatable bonds is 4. The second-order valence-electron chi connectivity index (χ2n) is 5.46. The standard InChI is InChI=1S/C13H24N2OS/c14-10-13(5-1-2-6-13)12(16)15-9-11-3-7-17-8-4-11/h11H,1-10,14H2,(H,15,16). The third-order valence-electron chi connectivity index (χ3n) is 4.33. The van der Waals surface area contributed by atoms with Gasteiger partial charge in [-0.05, 0) is 43.1 Å². The number of carbonyl (C=O) groups is 1.